The zero-order valence-electron chi connectivity index (χ0n) is 10.4. The third kappa shape index (κ3) is 3.48. The van der Waals surface area contributed by atoms with Gasteiger partial charge in [-0.15, -0.1) is 0 Å². The second kappa shape index (κ2) is 5.75. The molecule has 1 heterocycles. The van der Waals surface area contributed by atoms with Crippen molar-refractivity contribution in [3.05, 3.63) is 41.2 Å². The molecule has 0 unspecified atom stereocenters. The molecule has 5 nitrogen and oxygen atoms in total. The molecule has 2 rings (SSSR count). The lowest BCUT2D eigenvalue weighted by Gasteiger charge is -2.06. The van der Waals surface area contributed by atoms with Crippen LogP contribution in [0.4, 0.5) is 5.69 Å². The van der Waals surface area contributed by atoms with Crippen LogP contribution in [-0.4, -0.2) is 20.8 Å². The van der Waals surface area contributed by atoms with E-state index in [1.54, 1.807) is 36.0 Å². The molecule has 100 valence electrons. The fourth-order valence-corrected chi connectivity index (χ4v) is 1.77. The van der Waals surface area contributed by atoms with Gasteiger partial charge in [0.15, 0.2) is 0 Å². The average molecular weight is 280 g/mol. The highest BCUT2D eigenvalue weighted by atomic mass is 35.5. The smallest absolute Gasteiger partial charge is 0.226 e. The van der Waals surface area contributed by atoms with Crippen molar-refractivity contribution in [3.8, 4) is 5.75 Å². The number of aromatic nitrogens is 2. The van der Waals surface area contributed by atoms with Gasteiger partial charge in [-0.2, -0.15) is 5.10 Å². The minimum atomic E-state index is -0.189. The number of halogens is 1. The maximum absolute atomic E-state index is 11.7. The lowest BCUT2D eigenvalue weighted by atomic mass is 10.3. The summed E-state index contributed by atoms with van der Waals surface area (Å²) in [6.45, 7) is 2.24. The van der Waals surface area contributed by atoms with Gasteiger partial charge in [-0.25, -0.2) is 0 Å². The van der Waals surface area contributed by atoms with Crippen LogP contribution in [0.2, 0.25) is 5.02 Å². The predicted molar refractivity (Wildman–Crippen MR) is 73.3 cm³/mol. The number of anilines is 1. The Kier molecular flexibility index (Phi) is 4.06. The summed E-state index contributed by atoms with van der Waals surface area (Å²) < 4.78 is 1.63. The highest BCUT2D eigenvalue weighted by Crippen LogP contribution is 2.21. The van der Waals surface area contributed by atoms with E-state index in [1.165, 1.54) is 6.07 Å². The Morgan fingerprint density at radius 1 is 1.47 bits per heavy atom. The van der Waals surface area contributed by atoms with Crippen molar-refractivity contribution < 1.29 is 9.90 Å². The fraction of sp³-hybridized carbons (Fsp3) is 0.231. The van der Waals surface area contributed by atoms with Crippen molar-refractivity contribution in [1.29, 1.82) is 0 Å². The maximum atomic E-state index is 11.7. The Morgan fingerprint density at radius 2 is 2.21 bits per heavy atom. The van der Waals surface area contributed by atoms with E-state index >= 15 is 0 Å². The van der Waals surface area contributed by atoms with E-state index in [2.05, 4.69) is 10.4 Å². The highest BCUT2D eigenvalue weighted by molar-refractivity contribution is 6.31. The summed E-state index contributed by atoms with van der Waals surface area (Å²) in [5, 5.41) is 16.9. The van der Waals surface area contributed by atoms with Gasteiger partial charge in [0.2, 0.25) is 5.91 Å². The molecule has 0 saturated heterocycles. The summed E-state index contributed by atoms with van der Waals surface area (Å²) in [6, 6.07) is 6.60. The van der Waals surface area contributed by atoms with E-state index in [1.807, 2.05) is 0 Å². The molecule has 0 atom stereocenters. The molecule has 2 aromatic rings. The molecular formula is C13H14ClN3O2. The second-order valence-corrected chi connectivity index (χ2v) is 4.55. The highest BCUT2D eigenvalue weighted by Gasteiger charge is 2.07. The maximum Gasteiger partial charge on any atom is 0.226 e. The number of nitrogens with one attached hydrogen (secondary N) is 1. The van der Waals surface area contributed by atoms with E-state index in [0.29, 0.717) is 17.3 Å². The summed E-state index contributed by atoms with van der Waals surface area (Å²) >= 11 is 5.88. The predicted octanol–water partition coefficient (Wildman–Crippen LogP) is 2.58. The van der Waals surface area contributed by atoms with Gasteiger partial charge in [0.1, 0.15) is 5.75 Å². The van der Waals surface area contributed by atoms with Crippen LogP contribution in [0.5, 0.6) is 5.75 Å². The Hall–Kier alpha value is -2.01. The van der Waals surface area contributed by atoms with Crippen LogP contribution in [0.3, 0.4) is 0 Å². The Labute approximate surface area is 115 Å². The first-order chi connectivity index (χ1) is 9.06. The van der Waals surface area contributed by atoms with Crippen LogP contribution >= 0.6 is 11.6 Å². The summed E-state index contributed by atoms with van der Waals surface area (Å²) in [7, 11) is 0. The molecule has 1 aromatic carbocycles. The van der Waals surface area contributed by atoms with Crippen molar-refractivity contribution in [2.45, 2.75) is 19.9 Å². The van der Waals surface area contributed by atoms with Gasteiger partial charge in [-0.3, -0.25) is 9.48 Å². The second-order valence-electron chi connectivity index (χ2n) is 4.14. The first kappa shape index (κ1) is 13.4. The minimum absolute atomic E-state index is 0.0498. The molecule has 1 aromatic heterocycles. The molecule has 6 heteroatoms. The zero-order chi connectivity index (χ0) is 13.8. The molecule has 0 radical (unpaired) electrons. The largest absolute Gasteiger partial charge is 0.506 e. The number of hydrogen-bond acceptors (Lipinski definition) is 3. The number of amides is 1. The third-order valence-corrected chi connectivity index (χ3v) is 3.00. The molecule has 19 heavy (non-hydrogen) atoms. The van der Waals surface area contributed by atoms with Crippen LogP contribution in [0, 0.1) is 6.92 Å². The van der Waals surface area contributed by atoms with Gasteiger partial charge < -0.3 is 10.4 Å². The van der Waals surface area contributed by atoms with Crippen LogP contribution < -0.4 is 5.32 Å². The number of phenols is 1. The summed E-state index contributed by atoms with van der Waals surface area (Å²) in [4.78, 5) is 11.7. The van der Waals surface area contributed by atoms with Crippen molar-refractivity contribution in [2.75, 3.05) is 5.32 Å². The Morgan fingerprint density at radius 3 is 2.84 bits per heavy atom. The normalized spacial score (nSPS) is 10.4. The molecule has 0 spiro atoms. The number of hydrogen-bond donors (Lipinski definition) is 2. The first-order valence-electron chi connectivity index (χ1n) is 5.83. The standard InChI is InChI=1S/C13H14ClN3O2/c1-9-10(14)8-17(16-9)7-6-13(19)15-11-4-2-3-5-12(11)18/h2-5,8,18H,6-7H2,1H3,(H,15,19). The fourth-order valence-electron chi connectivity index (χ4n) is 1.62. The van der Waals surface area contributed by atoms with E-state index < -0.39 is 0 Å². The van der Waals surface area contributed by atoms with E-state index in [4.69, 9.17) is 11.6 Å². The van der Waals surface area contributed by atoms with Gasteiger partial charge in [-0.1, -0.05) is 23.7 Å². The molecule has 0 saturated carbocycles. The number of phenolic OH excluding ortho intramolecular Hbond substituents is 1. The van der Waals surface area contributed by atoms with E-state index in [9.17, 15) is 9.90 Å². The molecule has 0 fully saturated rings. The van der Waals surface area contributed by atoms with Crippen molar-refractivity contribution >= 4 is 23.2 Å². The van der Waals surface area contributed by atoms with Crippen molar-refractivity contribution in [3.63, 3.8) is 0 Å². The van der Waals surface area contributed by atoms with Crippen LogP contribution in [-0.2, 0) is 11.3 Å². The Balaban J connectivity index is 1.90. The van der Waals surface area contributed by atoms with E-state index in [0.717, 1.165) is 5.69 Å². The number of benzene rings is 1. The number of para-hydroxylation sites is 2. The van der Waals surface area contributed by atoms with Gasteiger partial charge in [0.25, 0.3) is 0 Å². The summed E-state index contributed by atoms with van der Waals surface area (Å²) in [6.07, 6.45) is 1.94. The SMILES string of the molecule is Cc1nn(CCC(=O)Nc2ccccc2O)cc1Cl. The van der Waals surface area contributed by atoms with Crippen LogP contribution in [0.15, 0.2) is 30.5 Å². The molecule has 0 bridgehead atoms. The van der Waals surface area contributed by atoms with Crippen molar-refractivity contribution in [1.82, 2.24) is 9.78 Å². The minimum Gasteiger partial charge on any atom is -0.506 e. The lowest BCUT2D eigenvalue weighted by Crippen LogP contribution is -2.14. The third-order valence-electron chi connectivity index (χ3n) is 2.63. The molecule has 0 aliphatic rings. The zero-order valence-corrected chi connectivity index (χ0v) is 11.2. The average Bonchev–Trinajstić information content (AvgIpc) is 2.69. The van der Waals surface area contributed by atoms with Crippen molar-refractivity contribution in [2.24, 2.45) is 0 Å². The number of carbonyl (C=O) groups excluding carboxylic acids is 1. The van der Waals surface area contributed by atoms with Gasteiger partial charge in [-0.05, 0) is 19.1 Å². The molecule has 1 amide bonds. The number of nitrogens with zero attached hydrogens (tertiary/aromatic N) is 2. The van der Waals surface area contributed by atoms with Crippen LogP contribution in [0.1, 0.15) is 12.1 Å². The summed E-state index contributed by atoms with van der Waals surface area (Å²) in [5.41, 5.74) is 1.14. The molecule has 0 aliphatic heterocycles. The Bertz CT molecular complexity index is 576. The van der Waals surface area contributed by atoms with Gasteiger partial charge in [0, 0.05) is 19.2 Å². The molecule has 2 N–H and O–H groups in total. The monoisotopic (exact) mass is 279 g/mol. The number of aromatic hydroxyl groups is 1. The summed E-state index contributed by atoms with van der Waals surface area (Å²) in [5.74, 6) is -0.139. The number of aryl methyl sites for hydroxylation is 2. The lowest BCUT2D eigenvalue weighted by molar-refractivity contribution is -0.116. The van der Waals surface area contributed by atoms with E-state index in [-0.39, 0.29) is 18.1 Å². The number of rotatable bonds is 4. The number of carbonyl (C=O) groups is 1. The van der Waals surface area contributed by atoms with Crippen LogP contribution in [0.25, 0.3) is 0 Å². The van der Waals surface area contributed by atoms with Gasteiger partial charge in [0.05, 0.1) is 16.4 Å². The topological polar surface area (TPSA) is 67.2 Å². The van der Waals surface area contributed by atoms with Gasteiger partial charge >= 0.3 is 0 Å². The quantitative estimate of drug-likeness (QED) is 0.845. The first-order valence-corrected chi connectivity index (χ1v) is 6.21. The molecular weight excluding hydrogens is 266 g/mol. The molecule has 0 aliphatic carbocycles.